The minimum atomic E-state index is -1.11. The maximum Gasteiger partial charge on any atom is 0.132 e. The molecule has 3 rings (SSSR count). The van der Waals surface area contributed by atoms with E-state index in [0.29, 0.717) is 12.8 Å². The number of alkyl halides is 1. The van der Waals surface area contributed by atoms with E-state index in [1.807, 2.05) is 18.2 Å². The second kappa shape index (κ2) is 3.45. The molecule has 3 heteroatoms. The number of rotatable bonds is 1. The van der Waals surface area contributed by atoms with Crippen molar-refractivity contribution in [3.8, 4) is 0 Å². The molecule has 1 heterocycles. The minimum absolute atomic E-state index is 0.0375. The van der Waals surface area contributed by atoms with Crippen LogP contribution in [-0.4, -0.2) is 17.8 Å². The van der Waals surface area contributed by atoms with Gasteiger partial charge < -0.3 is 11.1 Å². The van der Waals surface area contributed by atoms with Gasteiger partial charge in [-0.1, -0.05) is 18.2 Å². The molecule has 0 saturated heterocycles. The van der Waals surface area contributed by atoms with E-state index in [0.717, 1.165) is 18.5 Å². The fourth-order valence-electron chi connectivity index (χ4n) is 2.99. The summed E-state index contributed by atoms with van der Waals surface area (Å²) in [6.07, 6.45) is 2.70. The Morgan fingerprint density at radius 2 is 2.19 bits per heavy atom. The zero-order chi connectivity index (χ0) is 11.2. The highest BCUT2D eigenvalue weighted by atomic mass is 19.1. The number of fused-ring (bicyclic) bond motifs is 1. The van der Waals surface area contributed by atoms with Crippen LogP contribution in [0.15, 0.2) is 24.3 Å². The maximum atomic E-state index is 14.7. The summed E-state index contributed by atoms with van der Waals surface area (Å²) in [4.78, 5) is 0. The smallest absolute Gasteiger partial charge is 0.132 e. The molecule has 1 saturated carbocycles. The number of halogens is 1. The topological polar surface area (TPSA) is 38.0 Å². The summed E-state index contributed by atoms with van der Waals surface area (Å²) in [5.74, 6) is 0. The molecule has 1 aromatic rings. The molecule has 0 spiro atoms. The maximum absolute atomic E-state index is 14.7. The zero-order valence-electron chi connectivity index (χ0n) is 9.25. The summed E-state index contributed by atoms with van der Waals surface area (Å²) in [6, 6.07) is 8.04. The van der Waals surface area contributed by atoms with Crippen LogP contribution in [-0.2, 0) is 6.42 Å². The molecule has 16 heavy (non-hydrogen) atoms. The first kappa shape index (κ1) is 10.1. The van der Waals surface area contributed by atoms with Crippen molar-refractivity contribution in [3.05, 3.63) is 29.8 Å². The van der Waals surface area contributed by atoms with Crippen LogP contribution in [0.3, 0.4) is 0 Å². The van der Waals surface area contributed by atoms with Crippen molar-refractivity contribution in [1.82, 2.24) is 0 Å². The number of hydrogen-bond acceptors (Lipinski definition) is 2. The van der Waals surface area contributed by atoms with Gasteiger partial charge in [0.05, 0.1) is 6.04 Å². The number of hydrogen-bond donors (Lipinski definition) is 2. The van der Waals surface area contributed by atoms with E-state index < -0.39 is 5.67 Å². The largest absolute Gasteiger partial charge is 0.379 e. The van der Waals surface area contributed by atoms with Crippen molar-refractivity contribution in [1.29, 1.82) is 0 Å². The molecular weight excluding hydrogens is 203 g/mol. The van der Waals surface area contributed by atoms with Crippen LogP contribution >= 0.6 is 0 Å². The summed E-state index contributed by atoms with van der Waals surface area (Å²) in [5, 5.41) is 3.31. The standard InChI is InChI=1S/C13H17FN2/c14-13(6-5-10(15)8-13)12-7-9-3-1-2-4-11(9)16-12/h1-4,10,12,16H,5-8,15H2. The second-order valence-electron chi connectivity index (χ2n) is 5.10. The highest BCUT2D eigenvalue weighted by Gasteiger charge is 2.46. The summed E-state index contributed by atoms with van der Waals surface area (Å²) < 4.78 is 14.7. The zero-order valence-corrected chi connectivity index (χ0v) is 9.25. The van der Waals surface area contributed by atoms with E-state index in [1.165, 1.54) is 5.56 Å². The molecule has 1 aliphatic heterocycles. The van der Waals surface area contributed by atoms with Gasteiger partial charge >= 0.3 is 0 Å². The summed E-state index contributed by atoms with van der Waals surface area (Å²) >= 11 is 0. The predicted octanol–water partition coefficient (Wildman–Crippen LogP) is 2.24. The van der Waals surface area contributed by atoms with Gasteiger partial charge in [-0.05, 0) is 37.3 Å². The summed E-state index contributed by atoms with van der Waals surface area (Å²) in [6.45, 7) is 0. The Morgan fingerprint density at radius 1 is 1.38 bits per heavy atom. The van der Waals surface area contributed by atoms with Crippen LogP contribution in [0.4, 0.5) is 10.1 Å². The van der Waals surface area contributed by atoms with E-state index in [-0.39, 0.29) is 12.1 Å². The molecule has 0 bridgehead atoms. The molecule has 3 N–H and O–H groups in total. The highest BCUT2D eigenvalue weighted by molar-refractivity contribution is 5.57. The van der Waals surface area contributed by atoms with Crippen molar-refractivity contribution < 1.29 is 4.39 Å². The van der Waals surface area contributed by atoms with Crippen LogP contribution in [0, 0.1) is 0 Å². The van der Waals surface area contributed by atoms with E-state index in [9.17, 15) is 4.39 Å². The van der Waals surface area contributed by atoms with Crippen LogP contribution in [0.5, 0.6) is 0 Å². The molecule has 3 atom stereocenters. The fraction of sp³-hybridized carbons (Fsp3) is 0.538. The average molecular weight is 220 g/mol. The molecular formula is C13H17FN2. The van der Waals surface area contributed by atoms with Crippen LogP contribution < -0.4 is 11.1 Å². The molecule has 0 aromatic heterocycles. The van der Waals surface area contributed by atoms with Crippen molar-refractivity contribution in [2.75, 3.05) is 5.32 Å². The van der Waals surface area contributed by atoms with Gasteiger partial charge in [0.15, 0.2) is 0 Å². The number of para-hydroxylation sites is 1. The average Bonchev–Trinajstić information content (AvgIpc) is 2.83. The normalized spacial score (nSPS) is 37.1. The molecule has 1 aromatic carbocycles. The number of benzene rings is 1. The van der Waals surface area contributed by atoms with Gasteiger partial charge in [0.25, 0.3) is 0 Å². The first-order chi connectivity index (χ1) is 7.67. The highest BCUT2D eigenvalue weighted by Crippen LogP contribution is 2.41. The minimum Gasteiger partial charge on any atom is -0.379 e. The molecule has 2 aliphatic rings. The lowest BCUT2D eigenvalue weighted by atomic mass is 9.92. The predicted molar refractivity (Wildman–Crippen MR) is 63.2 cm³/mol. The third kappa shape index (κ3) is 1.50. The third-order valence-electron chi connectivity index (χ3n) is 3.93. The Balaban J connectivity index is 1.81. The fourth-order valence-corrected chi connectivity index (χ4v) is 2.99. The van der Waals surface area contributed by atoms with Gasteiger partial charge in [0.2, 0.25) is 0 Å². The van der Waals surface area contributed by atoms with Crippen LogP contribution in [0.25, 0.3) is 0 Å². The molecule has 0 radical (unpaired) electrons. The van der Waals surface area contributed by atoms with E-state index in [1.54, 1.807) is 0 Å². The number of anilines is 1. The molecule has 1 fully saturated rings. The van der Waals surface area contributed by atoms with Crippen molar-refractivity contribution >= 4 is 5.69 Å². The third-order valence-corrected chi connectivity index (χ3v) is 3.93. The summed E-state index contributed by atoms with van der Waals surface area (Å²) in [5.41, 5.74) is 7.02. The lowest BCUT2D eigenvalue weighted by Crippen LogP contribution is -2.41. The SMILES string of the molecule is NC1CCC(F)(C2Cc3ccccc3N2)C1. The Kier molecular flexibility index (Phi) is 2.18. The molecule has 1 aliphatic carbocycles. The van der Waals surface area contributed by atoms with Gasteiger partial charge in [-0.15, -0.1) is 0 Å². The monoisotopic (exact) mass is 220 g/mol. The van der Waals surface area contributed by atoms with Gasteiger partial charge in [-0.2, -0.15) is 0 Å². The number of nitrogens with two attached hydrogens (primary N) is 1. The molecule has 0 amide bonds. The first-order valence-electron chi connectivity index (χ1n) is 5.96. The molecule has 86 valence electrons. The van der Waals surface area contributed by atoms with Gasteiger partial charge in [0, 0.05) is 11.7 Å². The van der Waals surface area contributed by atoms with Crippen LogP contribution in [0.1, 0.15) is 24.8 Å². The van der Waals surface area contributed by atoms with Crippen LogP contribution in [0.2, 0.25) is 0 Å². The van der Waals surface area contributed by atoms with Gasteiger partial charge in [-0.25, -0.2) is 4.39 Å². The van der Waals surface area contributed by atoms with E-state index in [2.05, 4.69) is 11.4 Å². The summed E-state index contributed by atoms with van der Waals surface area (Å²) in [7, 11) is 0. The van der Waals surface area contributed by atoms with E-state index >= 15 is 0 Å². The van der Waals surface area contributed by atoms with Crippen molar-refractivity contribution in [2.45, 2.75) is 43.4 Å². The van der Waals surface area contributed by atoms with Crippen molar-refractivity contribution in [3.63, 3.8) is 0 Å². The Bertz CT molecular complexity index is 382. The Labute approximate surface area is 95.0 Å². The second-order valence-corrected chi connectivity index (χ2v) is 5.10. The lowest BCUT2D eigenvalue weighted by Gasteiger charge is -2.27. The molecule has 3 unspecified atom stereocenters. The Morgan fingerprint density at radius 3 is 2.88 bits per heavy atom. The lowest BCUT2D eigenvalue weighted by molar-refractivity contribution is 0.143. The van der Waals surface area contributed by atoms with E-state index in [4.69, 9.17) is 5.73 Å². The molecule has 2 nitrogen and oxygen atoms in total. The number of nitrogens with one attached hydrogen (secondary N) is 1. The quantitative estimate of drug-likeness (QED) is 0.761. The van der Waals surface area contributed by atoms with Gasteiger partial charge in [-0.3, -0.25) is 0 Å². The van der Waals surface area contributed by atoms with Gasteiger partial charge in [0.1, 0.15) is 5.67 Å². The van der Waals surface area contributed by atoms with Crippen molar-refractivity contribution in [2.24, 2.45) is 5.73 Å². The first-order valence-corrected chi connectivity index (χ1v) is 5.96. The Hall–Kier alpha value is -1.09.